The van der Waals surface area contributed by atoms with E-state index in [4.69, 9.17) is 9.47 Å². The maximum atomic E-state index is 11.5. The molecule has 0 bridgehead atoms. The summed E-state index contributed by atoms with van der Waals surface area (Å²) in [6.07, 6.45) is 1.67. The summed E-state index contributed by atoms with van der Waals surface area (Å²) in [7, 11) is 0. The number of hydrogen-bond acceptors (Lipinski definition) is 4. The van der Waals surface area contributed by atoms with Crippen LogP contribution in [0.25, 0.3) is 0 Å². The molecule has 20 heavy (non-hydrogen) atoms. The van der Waals surface area contributed by atoms with Crippen molar-refractivity contribution in [3.05, 3.63) is 29.8 Å². The fourth-order valence-corrected chi connectivity index (χ4v) is 1.52. The van der Waals surface area contributed by atoms with Crippen molar-refractivity contribution in [1.29, 1.82) is 0 Å². The highest BCUT2D eigenvalue weighted by Gasteiger charge is 2.05. The normalized spacial score (nSPS) is 10.3. The van der Waals surface area contributed by atoms with Crippen LogP contribution < -0.4 is 10.1 Å². The minimum absolute atomic E-state index is 0.101. The van der Waals surface area contributed by atoms with Gasteiger partial charge < -0.3 is 14.8 Å². The van der Waals surface area contributed by atoms with Crippen molar-refractivity contribution in [2.24, 2.45) is 0 Å². The number of para-hydroxylation sites is 1. The lowest BCUT2D eigenvalue weighted by atomic mass is 10.2. The summed E-state index contributed by atoms with van der Waals surface area (Å²) in [5, 5.41) is 2.73. The summed E-state index contributed by atoms with van der Waals surface area (Å²) in [5.74, 6) is 0.205. The smallest absolute Gasteiger partial charge is 0.257 e. The fraction of sp³-hybridized carbons (Fsp3) is 0.467. The van der Waals surface area contributed by atoms with Crippen molar-refractivity contribution < 1.29 is 19.1 Å². The molecule has 1 N–H and O–H groups in total. The van der Waals surface area contributed by atoms with E-state index >= 15 is 0 Å². The summed E-state index contributed by atoms with van der Waals surface area (Å²) >= 11 is 0. The molecular formula is C15H21NO4. The molecule has 0 spiro atoms. The van der Waals surface area contributed by atoms with Crippen LogP contribution in [0.4, 0.5) is 0 Å². The average Bonchev–Trinajstić information content (AvgIpc) is 2.44. The SMILES string of the molecule is CC(C)OCCCNC(=O)COc1ccccc1C=O. The predicted molar refractivity (Wildman–Crippen MR) is 76.0 cm³/mol. The minimum atomic E-state index is -0.213. The topological polar surface area (TPSA) is 64.6 Å². The number of aldehydes is 1. The van der Waals surface area contributed by atoms with E-state index in [9.17, 15) is 9.59 Å². The number of hydrogen-bond donors (Lipinski definition) is 1. The van der Waals surface area contributed by atoms with Gasteiger partial charge in [0, 0.05) is 13.2 Å². The van der Waals surface area contributed by atoms with Gasteiger partial charge in [0.15, 0.2) is 12.9 Å². The third-order valence-electron chi connectivity index (χ3n) is 2.50. The number of nitrogens with one attached hydrogen (secondary N) is 1. The van der Waals surface area contributed by atoms with Gasteiger partial charge in [0.2, 0.25) is 0 Å². The maximum Gasteiger partial charge on any atom is 0.257 e. The van der Waals surface area contributed by atoms with Gasteiger partial charge in [-0.2, -0.15) is 0 Å². The van der Waals surface area contributed by atoms with Crippen LogP contribution in [0.1, 0.15) is 30.6 Å². The lowest BCUT2D eigenvalue weighted by Gasteiger charge is -2.10. The van der Waals surface area contributed by atoms with E-state index in [0.717, 1.165) is 6.42 Å². The third-order valence-corrected chi connectivity index (χ3v) is 2.50. The largest absolute Gasteiger partial charge is 0.483 e. The lowest BCUT2D eigenvalue weighted by Crippen LogP contribution is -2.30. The number of carbonyl (C=O) groups excluding carboxylic acids is 2. The molecule has 0 aliphatic rings. The molecule has 1 aromatic carbocycles. The lowest BCUT2D eigenvalue weighted by molar-refractivity contribution is -0.123. The molecule has 5 nitrogen and oxygen atoms in total. The Morgan fingerprint density at radius 2 is 2.10 bits per heavy atom. The summed E-state index contributed by atoms with van der Waals surface area (Å²) in [4.78, 5) is 22.3. The van der Waals surface area contributed by atoms with Gasteiger partial charge in [-0.15, -0.1) is 0 Å². The molecule has 0 aliphatic carbocycles. The molecule has 0 unspecified atom stereocenters. The van der Waals surface area contributed by atoms with Gasteiger partial charge in [-0.05, 0) is 32.4 Å². The number of ether oxygens (including phenoxy) is 2. The zero-order valence-corrected chi connectivity index (χ0v) is 11.9. The molecule has 1 aromatic rings. The first-order valence-electron chi connectivity index (χ1n) is 6.68. The summed E-state index contributed by atoms with van der Waals surface area (Å²) in [6.45, 7) is 5.00. The molecular weight excluding hydrogens is 258 g/mol. The van der Waals surface area contributed by atoms with Crippen LogP contribution in [0.15, 0.2) is 24.3 Å². The number of rotatable bonds is 9. The van der Waals surface area contributed by atoms with Crippen molar-refractivity contribution in [2.75, 3.05) is 19.8 Å². The summed E-state index contributed by atoms with van der Waals surface area (Å²) in [6, 6.07) is 6.80. The Bertz CT molecular complexity index is 432. The fourth-order valence-electron chi connectivity index (χ4n) is 1.52. The zero-order valence-electron chi connectivity index (χ0n) is 11.9. The van der Waals surface area contributed by atoms with Gasteiger partial charge in [-0.25, -0.2) is 0 Å². The molecule has 110 valence electrons. The molecule has 0 saturated carbocycles. The van der Waals surface area contributed by atoms with E-state index < -0.39 is 0 Å². The number of benzene rings is 1. The second-order valence-electron chi connectivity index (χ2n) is 4.57. The van der Waals surface area contributed by atoms with E-state index in [1.54, 1.807) is 24.3 Å². The molecule has 0 heterocycles. The van der Waals surface area contributed by atoms with Crippen LogP contribution in [-0.2, 0) is 9.53 Å². The van der Waals surface area contributed by atoms with Crippen molar-refractivity contribution >= 4 is 12.2 Å². The zero-order chi connectivity index (χ0) is 14.8. The van der Waals surface area contributed by atoms with Gasteiger partial charge in [0.1, 0.15) is 5.75 Å². The highest BCUT2D eigenvalue weighted by molar-refractivity contribution is 5.80. The van der Waals surface area contributed by atoms with Crippen LogP contribution in [0.2, 0.25) is 0 Å². The third kappa shape index (κ3) is 6.33. The monoisotopic (exact) mass is 279 g/mol. The molecule has 1 amide bonds. The van der Waals surface area contributed by atoms with Crippen molar-refractivity contribution in [2.45, 2.75) is 26.4 Å². The number of carbonyl (C=O) groups is 2. The van der Waals surface area contributed by atoms with Crippen molar-refractivity contribution in [1.82, 2.24) is 5.32 Å². The van der Waals surface area contributed by atoms with Crippen LogP contribution in [0.3, 0.4) is 0 Å². The number of amides is 1. The first-order chi connectivity index (χ1) is 9.63. The highest BCUT2D eigenvalue weighted by Crippen LogP contribution is 2.15. The van der Waals surface area contributed by atoms with Crippen LogP contribution in [0, 0.1) is 0 Å². The Morgan fingerprint density at radius 3 is 2.80 bits per heavy atom. The van der Waals surface area contributed by atoms with E-state index in [1.165, 1.54) is 0 Å². The molecule has 0 atom stereocenters. The molecule has 0 radical (unpaired) electrons. The Morgan fingerprint density at radius 1 is 1.35 bits per heavy atom. The Balaban J connectivity index is 2.21. The van der Waals surface area contributed by atoms with Crippen LogP contribution in [0.5, 0.6) is 5.75 Å². The summed E-state index contributed by atoms with van der Waals surface area (Å²) in [5.41, 5.74) is 0.436. The highest BCUT2D eigenvalue weighted by atomic mass is 16.5. The quantitative estimate of drug-likeness (QED) is 0.553. The van der Waals surface area contributed by atoms with E-state index in [0.29, 0.717) is 30.8 Å². The van der Waals surface area contributed by atoms with Crippen molar-refractivity contribution in [3.63, 3.8) is 0 Å². The van der Waals surface area contributed by atoms with Gasteiger partial charge in [-0.3, -0.25) is 9.59 Å². The molecule has 0 saturated heterocycles. The molecule has 5 heteroatoms. The van der Waals surface area contributed by atoms with Crippen LogP contribution in [-0.4, -0.2) is 38.1 Å². The van der Waals surface area contributed by atoms with E-state index in [-0.39, 0.29) is 18.6 Å². The Labute approximate surface area is 119 Å². The average molecular weight is 279 g/mol. The molecule has 0 fully saturated rings. The minimum Gasteiger partial charge on any atom is -0.483 e. The standard InChI is InChI=1S/C15H21NO4/c1-12(2)19-9-5-8-16-15(18)11-20-14-7-4-3-6-13(14)10-17/h3-4,6-7,10,12H,5,8-9,11H2,1-2H3,(H,16,18). The van der Waals surface area contributed by atoms with Crippen LogP contribution >= 0.6 is 0 Å². The maximum absolute atomic E-state index is 11.5. The first kappa shape index (κ1) is 16.2. The molecule has 0 aromatic heterocycles. The van der Waals surface area contributed by atoms with Gasteiger partial charge in [-0.1, -0.05) is 12.1 Å². The van der Waals surface area contributed by atoms with Gasteiger partial charge >= 0.3 is 0 Å². The molecule has 0 aliphatic heterocycles. The van der Waals surface area contributed by atoms with E-state index in [2.05, 4.69) is 5.32 Å². The van der Waals surface area contributed by atoms with Gasteiger partial charge in [0.05, 0.1) is 11.7 Å². The summed E-state index contributed by atoms with van der Waals surface area (Å²) < 4.78 is 10.7. The Hall–Kier alpha value is -1.88. The van der Waals surface area contributed by atoms with Crippen molar-refractivity contribution in [3.8, 4) is 5.75 Å². The second-order valence-corrected chi connectivity index (χ2v) is 4.57. The predicted octanol–water partition coefficient (Wildman–Crippen LogP) is 1.81. The van der Waals surface area contributed by atoms with E-state index in [1.807, 2.05) is 13.8 Å². The van der Waals surface area contributed by atoms with Gasteiger partial charge in [0.25, 0.3) is 5.91 Å². The Kier molecular flexibility index (Phi) is 7.35. The first-order valence-corrected chi connectivity index (χ1v) is 6.68. The molecule has 1 rings (SSSR count). The second kappa shape index (κ2) is 9.09.